The van der Waals surface area contributed by atoms with Crippen molar-refractivity contribution in [2.45, 2.75) is 106 Å². The summed E-state index contributed by atoms with van der Waals surface area (Å²) in [4.78, 5) is 17.8. The SMILES string of the molecule is C=C/C=C\C(=C/C=C)C1=NC(C(C)(C)CC(C)[C-]=O)c2nnc(C)n2-c2sc(C)cc21.CC.CC1CCC[CH-]CCC1.[Y]. The maximum absolute atomic E-state index is 11.3. The van der Waals surface area contributed by atoms with Crippen LogP contribution in [0.15, 0.2) is 60.2 Å². The second-order valence-corrected chi connectivity index (χ2v) is 13.1. The molecule has 1 fully saturated rings. The van der Waals surface area contributed by atoms with Gasteiger partial charge in [0.25, 0.3) is 0 Å². The van der Waals surface area contributed by atoms with Gasteiger partial charge in [-0.25, -0.2) is 0 Å². The smallest absolute Gasteiger partial charge is 0.163 e. The summed E-state index contributed by atoms with van der Waals surface area (Å²) in [5.74, 6) is 2.42. The van der Waals surface area contributed by atoms with Crippen LogP contribution in [0.25, 0.3) is 5.00 Å². The summed E-state index contributed by atoms with van der Waals surface area (Å²) in [6.45, 7) is 24.3. The van der Waals surface area contributed by atoms with Crippen molar-refractivity contribution in [2.24, 2.45) is 22.2 Å². The molecule has 2 aliphatic rings. The maximum atomic E-state index is 11.3. The van der Waals surface area contributed by atoms with Gasteiger partial charge in [0.15, 0.2) is 5.82 Å². The van der Waals surface area contributed by atoms with Crippen LogP contribution < -0.4 is 0 Å². The Labute approximate surface area is 291 Å². The number of thiophene rings is 1. The van der Waals surface area contributed by atoms with Gasteiger partial charge in [0.05, 0.1) is 5.71 Å². The van der Waals surface area contributed by atoms with Crippen molar-refractivity contribution < 1.29 is 37.5 Å². The molecule has 2 aromatic heterocycles. The Morgan fingerprint density at radius 2 is 1.84 bits per heavy atom. The molecule has 3 heterocycles. The molecule has 1 radical (unpaired) electrons. The fraction of sp³-hybridized carbons (Fsp3) is 0.528. The van der Waals surface area contributed by atoms with Crippen LogP contribution in [-0.4, -0.2) is 26.8 Å². The van der Waals surface area contributed by atoms with E-state index in [0.717, 1.165) is 39.4 Å². The molecule has 0 amide bonds. The molecule has 0 N–H and O–H groups in total. The topological polar surface area (TPSA) is 60.1 Å². The zero-order valence-corrected chi connectivity index (χ0v) is 31.5. The number of rotatable bonds is 8. The van der Waals surface area contributed by atoms with Crippen molar-refractivity contribution in [1.29, 1.82) is 0 Å². The first-order chi connectivity index (χ1) is 20.1. The molecule has 233 valence electrons. The summed E-state index contributed by atoms with van der Waals surface area (Å²) < 4.78 is 2.12. The quantitative estimate of drug-likeness (QED) is 0.206. The van der Waals surface area contributed by atoms with E-state index in [-0.39, 0.29) is 50.1 Å². The molecular weight excluding hydrogens is 625 g/mol. The third kappa shape index (κ3) is 11.0. The van der Waals surface area contributed by atoms with Gasteiger partial charge in [-0.3, -0.25) is 15.8 Å². The van der Waals surface area contributed by atoms with Crippen molar-refractivity contribution in [2.75, 3.05) is 0 Å². The van der Waals surface area contributed by atoms with E-state index in [2.05, 4.69) is 74.4 Å². The summed E-state index contributed by atoms with van der Waals surface area (Å²) in [6.07, 6.45) is 23.1. The minimum absolute atomic E-state index is 0. The van der Waals surface area contributed by atoms with E-state index in [1.807, 2.05) is 45.9 Å². The van der Waals surface area contributed by atoms with Crippen LogP contribution in [-0.2, 0) is 37.5 Å². The molecule has 4 rings (SSSR count). The zero-order chi connectivity index (χ0) is 31.3. The number of carbonyl (C=O) groups excluding carboxylic acids is 1. The minimum Gasteiger partial charge on any atom is -0.542 e. The molecule has 43 heavy (non-hydrogen) atoms. The first-order valence-electron chi connectivity index (χ1n) is 15.5. The molecule has 2 unspecified atom stereocenters. The van der Waals surface area contributed by atoms with Gasteiger partial charge >= 0.3 is 0 Å². The van der Waals surface area contributed by atoms with Crippen LogP contribution in [0.1, 0.15) is 115 Å². The first kappa shape index (κ1) is 39.3. The van der Waals surface area contributed by atoms with E-state index >= 15 is 0 Å². The van der Waals surface area contributed by atoms with Gasteiger partial charge in [0.1, 0.15) is 16.9 Å². The number of aromatic nitrogens is 3. The number of fused-ring (bicyclic) bond motifs is 3. The Morgan fingerprint density at radius 3 is 2.42 bits per heavy atom. The molecule has 0 bridgehead atoms. The fourth-order valence-electron chi connectivity index (χ4n) is 5.62. The molecule has 0 aromatic carbocycles. The number of allylic oxidation sites excluding steroid dienone is 6. The second-order valence-electron chi connectivity index (χ2n) is 11.8. The van der Waals surface area contributed by atoms with E-state index in [9.17, 15) is 4.79 Å². The molecule has 5 nitrogen and oxygen atoms in total. The van der Waals surface area contributed by atoms with E-state index in [1.54, 1.807) is 23.5 Å². The Kier molecular flexibility index (Phi) is 17.9. The van der Waals surface area contributed by atoms with Gasteiger partial charge in [-0.1, -0.05) is 117 Å². The molecule has 0 saturated heterocycles. The van der Waals surface area contributed by atoms with Crippen LogP contribution in [0.2, 0.25) is 0 Å². The molecule has 1 aliphatic heterocycles. The largest absolute Gasteiger partial charge is 0.542 e. The Hall–Kier alpha value is -1.76. The van der Waals surface area contributed by atoms with Gasteiger partial charge in [0, 0.05) is 48.7 Å². The predicted octanol–water partition coefficient (Wildman–Crippen LogP) is 10.0. The first-order valence-corrected chi connectivity index (χ1v) is 16.4. The minimum atomic E-state index is -0.343. The average molecular weight is 678 g/mol. The van der Waals surface area contributed by atoms with E-state index in [1.165, 1.54) is 43.4 Å². The average Bonchev–Trinajstić information content (AvgIpc) is 3.48. The van der Waals surface area contributed by atoms with Crippen LogP contribution in [0.4, 0.5) is 0 Å². The summed E-state index contributed by atoms with van der Waals surface area (Å²) in [7, 11) is 0. The monoisotopic (exact) mass is 677 g/mol. The van der Waals surface area contributed by atoms with Crippen LogP contribution in [0.5, 0.6) is 0 Å². The number of hydrogen-bond acceptors (Lipinski definition) is 5. The number of nitrogens with zero attached hydrogens (tertiary/aromatic N) is 4. The van der Waals surface area contributed by atoms with Gasteiger partial charge in [-0.2, -0.15) is 12.8 Å². The van der Waals surface area contributed by atoms with Gasteiger partial charge in [-0.05, 0) is 31.2 Å². The van der Waals surface area contributed by atoms with Crippen LogP contribution in [0, 0.1) is 37.5 Å². The molecule has 2 aromatic rings. The maximum Gasteiger partial charge on any atom is 0.163 e. The van der Waals surface area contributed by atoms with Gasteiger partial charge in [-0.15, -0.1) is 27.5 Å². The van der Waals surface area contributed by atoms with Gasteiger partial charge in [0.2, 0.25) is 0 Å². The van der Waals surface area contributed by atoms with Gasteiger partial charge < -0.3 is 11.2 Å². The fourth-order valence-corrected chi connectivity index (χ4v) is 6.68. The van der Waals surface area contributed by atoms with Crippen molar-refractivity contribution in [3.05, 3.63) is 83.7 Å². The third-order valence-electron chi connectivity index (χ3n) is 7.61. The normalized spacial score (nSPS) is 18.0. The molecule has 1 saturated carbocycles. The van der Waals surface area contributed by atoms with Crippen molar-refractivity contribution in [3.8, 4) is 5.00 Å². The summed E-state index contributed by atoms with van der Waals surface area (Å²) in [6, 6.07) is 1.88. The van der Waals surface area contributed by atoms with E-state index < -0.39 is 0 Å². The molecular formula is C36H52N4OSY-2. The van der Waals surface area contributed by atoms with Crippen molar-refractivity contribution in [1.82, 2.24) is 14.8 Å². The Morgan fingerprint density at radius 1 is 1.19 bits per heavy atom. The summed E-state index contributed by atoms with van der Waals surface area (Å²) in [5, 5.41) is 9.99. The molecule has 1 aliphatic carbocycles. The predicted molar refractivity (Wildman–Crippen MR) is 181 cm³/mol. The molecule has 7 heteroatoms. The number of aryl methyl sites for hydroxylation is 2. The van der Waals surface area contributed by atoms with Crippen molar-refractivity contribution >= 4 is 23.3 Å². The number of aliphatic imine (C=N–C) groups is 1. The zero-order valence-electron chi connectivity index (χ0n) is 27.8. The summed E-state index contributed by atoms with van der Waals surface area (Å²) in [5.41, 5.74) is 2.52. The standard InChI is InChI=1S/C25H29N4OS.C9H17.C2H6.Y/c1-8-10-12-19(11-9-2)21-20-13-17(4)31-24(20)29-18(5)27-28-23(29)22(26-21)25(6,7)14-16(3)15-30;1-9-7-5-3-2-4-6-8-9;1-2;/h8-13,16,22H,1-2,14H2,3-7H3;2,9H,3-8H2,1H3;1-2H3;/q2*-1;;/b12-10-,19-11+;;;. The molecule has 2 atom stereocenters. The Bertz CT molecular complexity index is 1260. The second kappa shape index (κ2) is 19.6. The van der Waals surface area contributed by atoms with E-state index in [0.29, 0.717) is 6.42 Å². The molecule has 0 spiro atoms. The van der Waals surface area contributed by atoms with Crippen LogP contribution in [0.3, 0.4) is 0 Å². The van der Waals surface area contributed by atoms with E-state index in [4.69, 9.17) is 4.99 Å². The van der Waals surface area contributed by atoms with Crippen LogP contribution >= 0.6 is 11.3 Å². The van der Waals surface area contributed by atoms with Crippen molar-refractivity contribution in [3.63, 3.8) is 0 Å². The number of hydrogen-bond donors (Lipinski definition) is 0. The Balaban J connectivity index is 0.000000653. The summed E-state index contributed by atoms with van der Waals surface area (Å²) >= 11 is 1.70. The third-order valence-corrected chi connectivity index (χ3v) is 8.65.